The third-order valence-electron chi connectivity index (χ3n) is 7.16. The van der Waals surface area contributed by atoms with Crippen LogP contribution in [-0.2, 0) is 0 Å². The van der Waals surface area contributed by atoms with Gasteiger partial charge in [0.15, 0.2) is 0 Å². The van der Waals surface area contributed by atoms with Gasteiger partial charge in [-0.2, -0.15) is 0 Å². The highest BCUT2D eigenvalue weighted by molar-refractivity contribution is 7.78. The van der Waals surface area contributed by atoms with Crippen molar-refractivity contribution in [1.29, 1.82) is 0 Å². The number of rotatable bonds is 4. The molecular formula is C35H78P4. The average molecular weight is 623 g/mol. The molecule has 238 valence electrons. The second-order valence-electron chi connectivity index (χ2n) is 19.7. The molecule has 4 heteroatoms. The molecule has 0 aromatic heterocycles. The Kier molecular flexibility index (Phi) is 15.1. The highest BCUT2D eigenvalue weighted by atomic mass is 31.2. The monoisotopic (exact) mass is 623 g/mol. The molecular weight excluding hydrogens is 544 g/mol. The Morgan fingerprint density at radius 2 is 0.462 bits per heavy atom. The quantitative estimate of drug-likeness (QED) is 0.274. The van der Waals surface area contributed by atoms with Crippen molar-refractivity contribution in [3.05, 3.63) is 0 Å². The van der Waals surface area contributed by atoms with Crippen molar-refractivity contribution >= 4 is 31.7 Å². The smallest absolute Gasteiger partial charge is 0.00154 e. The summed E-state index contributed by atoms with van der Waals surface area (Å²) in [5, 5.41) is 4.31. The fraction of sp³-hybridized carbons (Fsp3) is 1.00. The van der Waals surface area contributed by atoms with Crippen molar-refractivity contribution in [2.45, 2.75) is 220 Å². The molecule has 0 aliphatic heterocycles. The van der Waals surface area contributed by atoms with E-state index in [-0.39, 0.29) is 31.7 Å². The van der Waals surface area contributed by atoms with Crippen molar-refractivity contribution in [1.82, 2.24) is 0 Å². The summed E-state index contributed by atoms with van der Waals surface area (Å²) in [5.41, 5.74) is 0. The molecule has 0 nitrogen and oxygen atoms in total. The van der Waals surface area contributed by atoms with E-state index in [1.54, 1.807) is 0 Å². The summed E-state index contributed by atoms with van der Waals surface area (Å²) < 4.78 is 0. The van der Waals surface area contributed by atoms with Gasteiger partial charge < -0.3 is 0 Å². The minimum Gasteiger partial charge on any atom is -0.0912 e. The molecule has 0 saturated carbocycles. The topological polar surface area (TPSA) is 0 Å². The van der Waals surface area contributed by atoms with E-state index in [2.05, 4.69) is 173 Å². The van der Waals surface area contributed by atoms with Crippen LogP contribution >= 0.6 is 31.7 Å². The van der Waals surface area contributed by atoms with E-state index in [0.717, 1.165) is 5.40 Å². The fourth-order valence-electron chi connectivity index (χ4n) is 7.37. The first-order valence-electron chi connectivity index (χ1n) is 15.5. The lowest BCUT2D eigenvalue weighted by Gasteiger charge is -2.54. The Morgan fingerprint density at radius 3 is 0.564 bits per heavy atom. The van der Waals surface area contributed by atoms with Crippen molar-refractivity contribution in [2.24, 2.45) is 0 Å². The molecule has 0 saturated heterocycles. The first-order valence-corrected chi connectivity index (χ1v) is 21.4. The Hall–Kier alpha value is 1.72. The van der Waals surface area contributed by atoms with Gasteiger partial charge in [-0.05, 0) is 52.6 Å². The second kappa shape index (κ2) is 13.8. The van der Waals surface area contributed by atoms with Crippen LogP contribution in [0.15, 0.2) is 0 Å². The second-order valence-corrected chi connectivity index (χ2v) is 36.7. The van der Waals surface area contributed by atoms with Gasteiger partial charge in [-0.3, -0.25) is 0 Å². The predicted molar refractivity (Wildman–Crippen MR) is 200 cm³/mol. The molecule has 0 aromatic carbocycles. The zero-order chi connectivity index (χ0) is 32.6. The van der Waals surface area contributed by atoms with Gasteiger partial charge in [0.1, 0.15) is 0 Å². The van der Waals surface area contributed by atoms with Gasteiger partial charge in [0.2, 0.25) is 0 Å². The summed E-state index contributed by atoms with van der Waals surface area (Å²) in [6.45, 7) is 61.4. The molecule has 0 aliphatic carbocycles. The van der Waals surface area contributed by atoms with Crippen molar-refractivity contribution in [2.75, 3.05) is 5.90 Å². The van der Waals surface area contributed by atoms with Crippen LogP contribution in [0.2, 0.25) is 0 Å². The zero-order valence-corrected chi connectivity index (χ0v) is 35.7. The molecule has 0 N–H and O–H groups in total. The third-order valence-corrected chi connectivity index (χ3v) is 24.6. The number of hydrogen-bond donors (Lipinski definition) is 0. The van der Waals surface area contributed by atoms with Gasteiger partial charge in [0.05, 0.1) is 0 Å². The van der Waals surface area contributed by atoms with Gasteiger partial charge >= 0.3 is 0 Å². The van der Waals surface area contributed by atoms with Crippen molar-refractivity contribution < 1.29 is 0 Å². The molecule has 0 bridgehead atoms. The van der Waals surface area contributed by atoms with Crippen LogP contribution in [0.25, 0.3) is 0 Å². The van der Waals surface area contributed by atoms with Gasteiger partial charge in [-0.15, -0.1) is 0 Å². The first kappa shape index (κ1) is 42.9. The molecule has 0 fully saturated rings. The summed E-state index contributed by atoms with van der Waals surface area (Å²) in [6.07, 6.45) is 0. The lowest BCUT2D eigenvalue weighted by Crippen LogP contribution is -2.36. The maximum Gasteiger partial charge on any atom is -0.00154 e. The van der Waals surface area contributed by atoms with E-state index in [9.17, 15) is 0 Å². The van der Waals surface area contributed by atoms with Crippen LogP contribution in [0.5, 0.6) is 0 Å². The number of hydrogen-bond acceptors (Lipinski definition) is 0. The molecule has 0 aliphatic rings. The minimum absolute atomic E-state index is 0.0181. The predicted octanol–water partition coefficient (Wildman–Crippen LogP) is 14.6. The normalized spacial score (nSPS) is 15.5. The maximum atomic E-state index is 2.56. The van der Waals surface area contributed by atoms with E-state index >= 15 is 0 Å². The molecule has 39 heavy (non-hydrogen) atoms. The van der Waals surface area contributed by atoms with Crippen LogP contribution in [0.4, 0.5) is 0 Å². The third kappa shape index (κ3) is 14.8. The lowest BCUT2D eigenvalue weighted by atomic mass is 10.2. The molecule has 0 spiro atoms. The first-order chi connectivity index (χ1) is 16.4. The Morgan fingerprint density at radius 1 is 0.308 bits per heavy atom. The van der Waals surface area contributed by atoms with Crippen LogP contribution in [0.3, 0.4) is 0 Å². The highest BCUT2D eigenvalue weighted by Crippen LogP contribution is 2.76. The average Bonchev–Trinajstić information content (AvgIpc) is 2.43. The van der Waals surface area contributed by atoms with Crippen LogP contribution in [0, 0.1) is 0 Å². The van der Waals surface area contributed by atoms with E-state index in [0.29, 0.717) is 41.2 Å². The summed E-state index contributed by atoms with van der Waals surface area (Å²) in [7, 11) is -0.0499. The fourth-order valence-corrected chi connectivity index (χ4v) is 32.9. The van der Waals surface area contributed by atoms with E-state index in [1.165, 1.54) is 5.90 Å². The molecule has 0 aromatic rings. The zero-order valence-electron chi connectivity index (χ0n) is 32.1. The lowest BCUT2D eigenvalue weighted by molar-refractivity contribution is 0.681. The minimum atomic E-state index is -0.0431. The molecule has 0 atom stereocenters. The molecule has 0 rings (SSSR count). The summed E-state index contributed by atoms with van der Waals surface area (Å²) in [6, 6.07) is 0. The summed E-state index contributed by atoms with van der Waals surface area (Å²) >= 11 is 0. The van der Waals surface area contributed by atoms with Crippen LogP contribution in [0.1, 0.15) is 173 Å². The molecule has 0 unspecified atom stereocenters. The van der Waals surface area contributed by atoms with E-state index in [4.69, 9.17) is 0 Å². The molecule has 0 amide bonds. The van der Waals surface area contributed by atoms with Gasteiger partial charge in [-0.25, -0.2) is 0 Å². The van der Waals surface area contributed by atoms with Gasteiger partial charge in [0.25, 0.3) is 0 Å². The summed E-state index contributed by atoms with van der Waals surface area (Å²) in [4.78, 5) is 0. The Labute approximate surface area is 256 Å². The maximum absolute atomic E-state index is 2.56. The van der Waals surface area contributed by atoms with E-state index in [1.807, 2.05) is 0 Å². The Balaban J connectivity index is 0. The van der Waals surface area contributed by atoms with Gasteiger partial charge in [0, 0.05) is 0 Å². The SMILES string of the molecule is CC(C)(C)P(CP(C(C)(C)C)C(C)(C)C)C(C)(C)C.CC(P(C(C)(C)C)C(C)(C)C)P(C(C)(C)C)C(C)(C)C. The Bertz CT molecular complexity index is 593. The standard InChI is InChI=1S/C18H40P2.C17H38P2/c1-14(19(15(2,3)4)16(5,6)7)20(17(8,9)10)18(11,12)13;1-14(2,3)18(15(4,5)6)13-19(16(7,8)9)17(10,11)12/h14H,1-13H3;13H2,1-12H3. The largest absolute Gasteiger partial charge is 0.0912 e. The molecule has 0 radical (unpaired) electrons. The van der Waals surface area contributed by atoms with Gasteiger partial charge in [-0.1, -0.05) is 205 Å². The van der Waals surface area contributed by atoms with Crippen molar-refractivity contribution in [3.8, 4) is 0 Å². The highest BCUT2D eigenvalue weighted by Gasteiger charge is 2.47. The molecule has 0 heterocycles. The van der Waals surface area contributed by atoms with E-state index < -0.39 is 0 Å². The van der Waals surface area contributed by atoms with Crippen LogP contribution < -0.4 is 0 Å². The summed E-state index contributed by atoms with van der Waals surface area (Å²) in [5.74, 6) is 1.45. The van der Waals surface area contributed by atoms with Crippen molar-refractivity contribution in [3.63, 3.8) is 0 Å². The van der Waals surface area contributed by atoms with Crippen LogP contribution in [-0.4, -0.2) is 52.6 Å².